The molecule has 0 fully saturated rings. The second kappa shape index (κ2) is 14.3. The van der Waals surface area contributed by atoms with Crippen LogP contribution in [0.3, 0.4) is 0 Å². The summed E-state index contributed by atoms with van der Waals surface area (Å²) < 4.78 is 7.16. The number of benzene rings is 1. The Morgan fingerprint density at radius 3 is 2.38 bits per heavy atom. The maximum atomic E-state index is 12.5. The van der Waals surface area contributed by atoms with Gasteiger partial charge in [-0.2, -0.15) is 5.10 Å². The summed E-state index contributed by atoms with van der Waals surface area (Å²) in [5, 5.41) is 23.7. The molecule has 6 N–H and O–H groups in total. The third-order valence-electron chi connectivity index (χ3n) is 3.79. The fourth-order valence-electron chi connectivity index (χ4n) is 2.15. The van der Waals surface area contributed by atoms with Crippen LogP contribution in [0.2, 0.25) is 5.02 Å². The van der Waals surface area contributed by atoms with Gasteiger partial charge in [-0.1, -0.05) is 45.7 Å². The van der Waals surface area contributed by atoms with Gasteiger partial charge in [0, 0.05) is 17.0 Å². The number of aromatic nitrogens is 3. The number of rotatable bonds is 7. The van der Waals surface area contributed by atoms with Crippen LogP contribution in [0.4, 0.5) is 0 Å². The SMILES string of the molecule is CC(C)(C)C(=O)C(Oc1ccc(Cl)cc1)n1cncn1.CCCCNC(=N)NC(=N)N.Cl. The molecule has 2 rings (SSSR count). The Morgan fingerprint density at radius 2 is 1.91 bits per heavy atom. The van der Waals surface area contributed by atoms with Gasteiger partial charge in [-0.15, -0.1) is 12.4 Å². The average Bonchev–Trinajstić information content (AvgIpc) is 3.21. The van der Waals surface area contributed by atoms with E-state index in [9.17, 15) is 4.79 Å². The van der Waals surface area contributed by atoms with Crippen LogP contribution in [0, 0.1) is 16.2 Å². The number of Topliss-reactive ketones (excluding diaryl/α,β-unsaturated/α-hetero) is 1. The second-order valence-electron chi connectivity index (χ2n) is 7.61. The van der Waals surface area contributed by atoms with Crippen molar-refractivity contribution >= 4 is 41.7 Å². The van der Waals surface area contributed by atoms with Gasteiger partial charge in [-0.25, -0.2) is 9.67 Å². The number of ether oxygens (including phenoxy) is 1. The van der Waals surface area contributed by atoms with E-state index in [1.54, 1.807) is 24.3 Å². The van der Waals surface area contributed by atoms with Crippen molar-refractivity contribution in [2.45, 2.75) is 46.8 Å². The van der Waals surface area contributed by atoms with Gasteiger partial charge in [0.15, 0.2) is 11.9 Å². The van der Waals surface area contributed by atoms with Crippen molar-refractivity contribution in [3.8, 4) is 5.75 Å². The van der Waals surface area contributed by atoms with Gasteiger partial charge in [0.25, 0.3) is 6.23 Å². The quantitative estimate of drug-likeness (QED) is 0.228. The van der Waals surface area contributed by atoms with Crippen LogP contribution in [-0.2, 0) is 4.79 Å². The normalized spacial score (nSPS) is 11.2. The molecule has 0 amide bonds. The maximum Gasteiger partial charge on any atom is 0.252 e. The van der Waals surface area contributed by atoms with E-state index in [-0.39, 0.29) is 30.1 Å². The summed E-state index contributed by atoms with van der Waals surface area (Å²) in [6, 6.07) is 6.83. The molecule has 0 aliphatic rings. The van der Waals surface area contributed by atoms with Gasteiger partial charge in [-0.3, -0.25) is 20.9 Å². The van der Waals surface area contributed by atoms with Gasteiger partial charge in [0.2, 0.25) is 5.78 Å². The molecule has 1 heterocycles. The van der Waals surface area contributed by atoms with Crippen molar-refractivity contribution in [2.75, 3.05) is 6.54 Å². The molecule has 178 valence electrons. The molecule has 1 aromatic carbocycles. The van der Waals surface area contributed by atoms with Gasteiger partial charge >= 0.3 is 0 Å². The number of halogens is 2. The Hall–Kier alpha value is -2.85. The topological polar surface area (TPSA) is 155 Å². The van der Waals surface area contributed by atoms with Gasteiger partial charge < -0.3 is 15.8 Å². The van der Waals surface area contributed by atoms with E-state index in [0.29, 0.717) is 10.8 Å². The molecule has 32 heavy (non-hydrogen) atoms. The molecule has 12 heteroatoms. The first-order chi connectivity index (χ1) is 14.5. The minimum atomic E-state index is -0.848. The first kappa shape index (κ1) is 29.1. The van der Waals surface area contributed by atoms with Crippen LogP contribution in [-0.4, -0.2) is 39.0 Å². The monoisotopic (exact) mass is 486 g/mol. The van der Waals surface area contributed by atoms with Crippen LogP contribution >= 0.6 is 24.0 Å². The molecule has 1 unspecified atom stereocenters. The molecular formula is C20H32Cl2N8O2. The predicted octanol–water partition coefficient (Wildman–Crippen LogP) is 3.34. The second-order valence-corrected chi connectivity index (χ2v) is 8.04. The van der Waals surface area contributed by atoms with E-state index in [0.717, 1.165) is 19.4 Å². The summed E-state index contributed by atoms with van der Waals surface area (Å²) in [5.41, 5.74) is 4.44. The Kier molecular flexibility index (Phi) is 13.0. The maximum absolute atomic E-state index is 12.5. The molecule has 0 spiro atoms. The van der Waals surface area contributed by atoms with E-state index in [4.69, 9.17) is 32.9 Å². The van der Waals surface area contributed by atoms with E-state index in [1.807, 2.05) is 20.8 Å². The van der Waals surface area contributed by atoms with Crippen molar-refractivity contribution in [1.82, 2.24) is 25.4 Å². The molecule has 0 saturated heterocycles. The molecule has 10 nitrogen and oxygen atoms in total. The molecule has 0 bridgehead atoms. The molecular weight excluding hydrogens is 455 g/mol. The highest BCUT2D eigenvalue weighted by molar-refractivity contribution is 6.30. The lowest BCUT2D eigenvalue weighted by atomic mass is 9.90. The minimum absolute atomic E-state index is 0. The molecule has 1 aromatic heterocycles. The number of nitrogens with zero attached hydrogens (tertiary/aromatic N) is 3. The van der Waals surface area contributed by atoms with Gasteiger partial charge in [0.1, 0.15) is 18.4 Å². The number of hydrogen-bond acceptors (Lipinski definition) is 6. The molecule has 1 atom stereocenters. The number of ketones is 1. The van der Waals surface area contributed by atoms with Crippen LogP contribution < -0.4 is 21.1 Å². The number of nitrogens with two attached hydrogens (primary N) is 1. The number of hydrogen-bond donors (Lipinski definition) is 5. The Bertz CT molecular complexity index is 836. The minimum Gasteiger partial charge on any atom is -0.461 e. The highest BCUT2D eigenvalue weighted by atomic mass is 35.5. The van der Waals surface area contributed by atoms with Gasteiger partial charge in [-0.05, 0) is 30.7 Å². The summed E-state index contributed by atoms with van der Waals surface area (Å²) in [4.78, 5) is 16.4. The van der Waals surface area contributed by atoms with Crippen molar-refractivity contribution in [3.63, 3.8) is 0 Å². The average molecular weight is 487 g/mol. The predicted molar refractivity (Wildman–Crippen MR) is 129 cm³/mol. The number of nitrogens with one attached hydrogen (secondary N) is 4. The van der Waals surface area contributed by atoms with E-state index >= 15 is 0 Å². The highest BCUT2D eigenvalue weighted by Crippen LogP contribution is 2.26. The van der Waals surface area contributed by atoms with Crippen molar-refractivity contribution in [3.05, 3.63) is 41.9 Å². The number of carbonyl (C=O) groups is 1. The standard InChI is InChI=1S/C14H16ClN3O2.C6H15N5.ClH/c1-14(2,3)12(19)13(18-9-16-8-17-18)20-11-6-4-10(15)5-7-11;1-2-3-4-10-6(9)11-5(7)8;/h4-9,13H,1-3H3;2-4H2,1H3,(H6,7,8,9,10,11);1H. The van der Waals surface area contributed by atoms with Crippen molar-refractivity contribution in [2.24, 2.45) is 11.1 Å². The summed E-state index contributed by atoms with van der Waals surface area (Å²) in [6.45, 7) is 8.33. The fourth-order valence-corrected chi connectivity index (χ4v) is 2.27. The number of carbonyl (C=O) groups excluding carboxylic acids is 1. The zero-order valence-electron chi connectivity index (χ0n) is 18.7. The van der Waals surface area contributed by atoms with Crippen LogP contribution in [0.15, 0.2) is 36.9 Å². The third-order valence-corrected chi connectivity index (χ3v) is 4.05. The Labute approximate surface area is 199 Å². The summed E-state index contributed by atoms with van der Waals surface area (Å²) >= 11 is 5.83. The van der Waals surface area contributed by atoms with Crippen LogP contribution in [0.1, 0.15) is 46.8 Å². The first-order valence-electron chi connectivity index (χ1n) is 9.78. The lowest BCUT2D eigenvalue weighted by Gasteiger charge is -2.25. The first-order valence-corrected chi connectivity index (χ1v) is 10.2. The molecule has 0 aliphatic carbocycles. The zero-order valence-corrected chi connectivity index (χ0v) is 20.3. The summed E-state index contributed by atoms with van der Waals surface area (Å²) in [5.74, 6) is 0.343. The third kappa shape index (κ3) is 11.0. The summed E-state index contributed by atoms with van der Waals surface area (Å²) in [6.07, 6.45) is 4.08. The van der Waals surface area contributed by atoms with E-state index in [2.05, 4.69) is 27.6 Å². The van der Waals surface area contributed by atoms with E-state index < -0.39 is 11.6 Å². The van der Waals surface area contributed by atoms with Gasteiger partial charge in [0.05, 0.1) is 0 Å². The molecule has 0 aliphatic heterocycles. The zero-order chi connectivity index (χ0) is 23.4. The lowest BCUT2D eigenvalue weighted by Crippen LogP contribution is -2.43. The summed E-state index contributed by atoms with van der Waals surface area (Å²) in [7, 11) is 0. The van der Waals surface area contributed by atoms with E-state index in [1.165, 1.54) is 17.3 Å². The molecule has 0 radical (unpaired) electrons. The lowest BCUT2D eigenvalue weighted by molar-refractivity contribution is -0.138. The smallest absolute Gasteiger partial charge is 0.252 e. The molecule has 2 aromatic rings. The van der Waals surface area contributed by atoms with Crippen molar-refractivity contribution < 1.29 is 9.53 Å². The number of guanidine groups is 2. The highest BCUT2D eigenvalue weighted by Gasteiger charge is 2.33. The van der Waals surface area contributed by atoms with Crippen LogP contribution in [0.25, 0.3) is 0 Å². The Morgan fingerprint density at radius 1 is 1.28 bits per heavy atom. The van der Waals surface area contributed by atoms with Crippen molar-refractivity contribution in [1.29, 1.82) is 10.8 Å². The largest absolute Gasteiger partial charge is 0.461 e. The fraction of sp³-hybridized carbons (Fsp3) is 0.450. The Balaban J connectivity index is 0.000000690. The number of unbranched alkanes of at least 4 members (excludes halogenated alkanes) is 1. The molecule has 0 saturated carbocycles. The van der Waals surface area contributed by atoms with Crippen LogP contribution in [0.5, 0.6) is 5.75 Å².